The van der Waals surface area contributed by atoms with Crippen molar-refractivity contribution in [3.8, 4) is 23.0 Å². The molecule has 4 saturated heterocycles. The van der Waals surface area contributed by atoms with Crippen molar-refractivity contribution in [1.82, 2.24) is 38.8 Å². The largest absolute Gasteiger partial charge is 0.489 e. The SMILES string of the molecule is O=C1CCC(N2C(=O)c3cccc(OCc4cn5cc(CN6CCOCC6)ccc5n4)c3C2=O)C(=O)C1.O=C1CCC(N2Cc3c(OCc4ccc(CC5=NCc6ccccc6N5)cc4)cccc3C2=O)C(=O)C1.O=C1CCC(N2Cc3c(OCc4ccc(CCC5CCOCC5)cc4)cccc3C2=O)C(=O)C1.O=C1CCC(N2Cc3c(OCc4ccc(CN5CC6(COC6)C5)cc4)cccc3C2=O)C(=O)C1. The van der Waals surface area contributed by atoms with Crippen LogP contribution in [-0.4, -0.2) is 210 Å². The lowest BCUT2D eigenvalue weighted by Gasteiger charge is -2.55. The van der Waals surface area contributed by atoms with E-state index in [1.807, 2.05) is 77.5 Å². The predicted molar refractivity (Wildman–Crippen MR) is 520 cm³/mol. The molecule has 4 atom stereocenters. The number of imide groups is 1. The lowest BCUT2D eigenvalue weighted by Crippen LogP contribution is -2.65. The van der Waals surface area contributed by atoms with Crippen LogP contribution in [0.1, 0.15) is 215 Å². The monoisotopic (exact) mass is 1920 g/mol. The van der Waals surface area contributed by atoms with E-state index < -0.39 is 41.8 Å². The Kier molecular flexibility index (Phi) is 28.4. The second kappa shape index (κ2) is 42.3. The Bertz CT molecular complexity index is 6640. The first-order chi connectivity index (χ1) is 69.1. The minimum absolute atomic E-state index is 0.0379. The van der Waals surface area contributed by atoms with E-state index in [2.05, 4.69) is 104 Å². The zero-order valence-electron chi connectivity index (χ0n) is 79.2. The number of hydrogen-bond donors (Lipinski definition) is 1. The standard InChI is InChI=1S/C30H27N3O4.C28H31NO5.C27H26N4O6.C27H28N2O5/c34-22-12-13-26(27(35)15-22)33-17-24-23(30(33)36)5-3-7-28(24)37-18-20-10-8-19(9-11-20)14-29-31-16-21-4-1-2-6-25(21)32-29;30-22-10-11-25(26(31)16-22)29-17-24-23(28(29)32)2-1-3-27(24)34-18-21-8-6-19(7-9-21)4-5-20-12-14-33-15-13-20;32-19-5-6-21(22(33)12-19)31-26(34)20-2-1-3-23(25(20)27(31)35)37-16-18-15-30-14-17(4-7-24(30)28-18)13-29-8-10-36-11-9-29;30-20-8-9-23(24(31)10-20)29-12-22-21(26(29)32)2-1-3-25(22)34-13-19-6-4-18(5-7-19)11-28-14-27(15-28)16-33-17-27/h1-11,26H,12-18H2,(H,31,32);1-3,6-9,20,25H,4-5,10-18H2;1-4,7,14-15,21H,5-6,8-13,16H2;1-7,23H,8-17H2. The van der Waals surface area contributed by atoms with Gasteiger partial charge in [0.15, 0.2) is 23.1 Å². The molecule has 142 heavy (non-hydrogen) atoms. The number of hydrogen-bond acceptors (Lipinski definition) is 25. The number of nitrogens with zero attached hydrogens (tertiary/aromatic N) is 9. The molecule has 4 saturated carbocycles. The average Bonchev–Trinajstić information content (AvgIpc) is 1.59. The first-order valence-electron chi connectivity index (χ1n) is 49.4. The highest BCUT2D eigenvalue weighted by molar-refractivity contribution is 6.25. The molecule has 5 amide bonds. The number of anilines is 1. The Morgan fingerprint density at radius 1 is 0.387 bits per heavy atom. The van der Waals surface area contributed by atoms with Gasteiger partial charge >= 0.3 is 0 Å². The number of likely N-dealkylation sites (tertiary alicyclic amines) is 1. The minimum atomic E-state index is -0.914. The topological polar surface area (TPSA) is 348 Å². The molecule has 10 aromatic rings. The number of benzene rings is 8. The van der Waals surface area contributed by atoms with Gasteiger partial charge in [-0.2, -0.15) is 0 Å². The Hall–Kier alpha value is -14.2. The molecule has 8 fully saturated rings. The zero-order chi connectivity index (χ0) is 97.7. The summed E-state index contributed by atoms with van der Waals surface area (Å²) in [5.41, 5.74) is 16.9. The third-order valence-corrected chi connectivity index (χ3v) is 29.3. The van der Waals surface area contributed by atoms with E-state index in [9.17, 15) is 62.3 Å². The lowest BCUT2D eigenvalue weighted by molar-refractivity contribution is -0.191. The van der Waals surface area contributed by atoms with Gasteiger partial charge in [0, 0.05) is 141 Å². The van der Waals surface area contributed by atoms with Crippen LogP contribution in [0.25, 0.3) is 5.65 Å². The second-order valence-electron chi connectivity index (χ2n) is 39.2. The van der Waals surface area contributed by atoms with E-state index in [1.54, 1.807) is 57.2 Å². The number of aromatic nitrogens is 2. The highest BCUT2D eigenvalue weighted by Crippen LogP contribution is 2.43. The first-order valence-corrected chi connectivity index (χ1v) is 49.4. The molecule has 2 aromatic heterocycles. The summed E-state index contributed by atoms with van der Waals surface area (Å²) in [4.78, 5) is 181. The number of amidine groups is 1. The molecule has 4 unspecified atom stereocenters. The Morgan fingerprint density at radius 2 is 0.831 bits per heavy atom. The van der Waals surface area contributed by atoms with Crippen LogP contribution < -0.4 is 24.3 Å². The molecule has 4 aliphatic carbocycles. The highest BCUT2D eigenvalue weighted by Gasteiger charge is 2.50. The number of amides is 5. The van der Waals surface area contributed by atoms with Gasteiger partial charge in [-0.15, -0.1) is 0 Å². The Morgan fingerprint density at radius 3 is 1.33 bits per heavy atom. The molecule has 13 aliphatic rings. The summed E-state index contributed by atoms with van der Waals surface area (Å²) in [5, 5.41) is 3.42. The molecule has 8 aromatic carbocycles. The van der Waals surface area contributed by atoms with Crippen LogP contribution in [-0.2, 0) is 131 Å². The number of nitrogens with one attached hydrogen (secondary N) is 1. The molecule has 30 heteroatoms. The van der Waals surface area contributed by atoms with Crippen LogP contribution in [0, 0.1) is 11.3 Å². The molecule has 9 aliphatic heterocycles. The number of Topliss-reactive ketones (excluding diaryl/α,β-unsaturated/α-hetero) is 8. The van der Waals surface area contributed by atoms with Crippen LogP contribution in [0.3, 0.4) is 0 Å². The number of aryl methyl sites for hydroxylation is 1. The number of aliphatic imine (C=N–C) groups is 1. The average molecular weight is 1920 g/mol. The zero-order valence-corrected chi connectivity index (χ0v) is 79.2. The molecular formula is C112H112N10O20. The maximum Gasteiger partial charge on any atom is 0.266 e. The van der Waals surface area contributed by atoms with Crippen LogP contribution in [0.15, 0.2) is 199 Å². The highest BCUT2D eigenvalue weighted by atomic mass is 16.5. The molecule has 730 valence electrons. The third-order valence-electron chi connectivity index (χ3n) is 29.3. The summed E-state index contributed by atoms with van der Waals surface area (Å²) in [7, 11) is 0. The predicted octanol–water partition coefficient (Wildman–Crippen LogP) is 13.5. The molecule has 1 N–H and O–H groups in total. The van der Waals surface area contributed by atoms with Crippen molar-refractivity contribution in [2.45, 2.75) is 199 Å². The molecule has 1 spiro atoms. The Labute approximate surface area is 821 Å². The van der Waals surface area contributed by atoms with Crippen molar-refractivity contribution < 1.29 is 95.5 Å². The maximum atomic E-state index is 13.3. The number of ether oxygens (including phenoxy) is 7. The molecule has 0 radical (unpaired) electrons. The first kappa shape index (κ1) is 95.4. The van der Waals surface area contributed by atoms with Crippen molar-refractivity contribution >= 4 is 93.0 Å². The van der Waals surface area contributed by atoms with Gasteiger partial charge in [0.2, 0.25) is 0 Å². The number of pyridine rings is 1. The number of fused-ring (bicyclic) bond motifs is 6. The Balaban J connectivity index is 0.000000116. The molecule has 0 bridgehead atoms. The summed E-state index contributed by atoms with van der Waals surface area (Å²) in [6.45, 7) is 14.0. The van der Waals surface area contributed by atoms with Gasteiger partial charge in [0.25, 0.3) is 29.5 Å². The summed E-state index contributed by atoms with van der Waals surface area (Å²) in [6.07, 6.45) is 11.4. The van der Waals surface area contributed by atoms with Crippen molar-refractivity contribution in [2.24, 2.45) is 16.3 Å². The number of imidazole rings is 1. The van der Waals surface area contributed by atoms with Crippen molar-refractivity contribution in [3.63, 3.8) is 0 Å². The second-order valence-corrected chi connectivity index (χ2v) is 39.2. The lowest BCUT2D eigenvalue weighted by atomic mass is 9.78. The van der Waals surface area contributed by atoms with E-state index in [-0.39, 0.29) is 120 Å². The number of para-hydroxylation sites is 1. The minimum Gasteiger partial charge on any atom is -0.489 e. The van der Waals surface area contributed by atoms with Crippen molar-refractivity contribution in [3.05, 3.63) is 289 Å². The van der Waals surface area contributed by atoms with Gasteiger partial charge in [0.1, 0.15) is 84.0 Å². The molecule has 11 heterocycles. The van der Waals surface area contributed by atoms with Crippen molar-refractivity contribution in [2.75, 3.05) is 71.1 Å². The van der Waals surface area contributed by atoms with Crippen LogP contribution in [0.4, 0.5) is 5.69 Å². The van der Waals surface area contributed by atoms with Gasteiger partial charge in [-0.3, -0.25) is 82.0 Å². The van der Waals surface area contributed by atoms with Gasteiger partial charge in [-0.25, -0.2) is 4.98 Å². The third kappa shape index (κ3) is 21.2. The van der Waals surface area contributed by atoms with Gasteiger partial charge in [0.05, 0.1) is 119 Å². The van der Waals surface area contributed by atoms with Gasteiger partial charge in [-0.05, 0) is 162 Å². The smallest absolute Gasteiger partial charge is 0.266 e. The quantitative estimate of drug-likeness (QED) is 0.0410. The number of ketones is 8. The van der Waals surface area contributed by atoms with E-state index in [0.29, 0.717) is 130 Å². The number of carbonyl (C=O) groups excluding carboxylic acids is 13. The summed E-state index contributed by atoms with van der Waals surface area (Å²) >= 11 is 0. The number of morpholine rings is 1. The fourth-order valence-electron chi connectivity index (χ4n) is 21.4. The van der Waals surface area contributed by atoms with Crippen LogP contribution in [0.5, 0.6) is 23.0 Å². The van der Waals surface area contributed by atoms with Gasteiger partial charge < -0.3 is 57.6 Å². The molecular weight excluding hydrogens is 1810 g/mol. The summed E-state index contributed by atoms with van der Waals surface area (Å²) in [6, 6.07) is 56.3. The number of carbonyl (C=O) groups is 13. The maximum absolute atomic E-state index is 13.3. The molecule has 30 nitrogen and oxygen atoms in total. The van der Waals surface area contributed by atoms with Gasteiger partial charge in [-0.1, -0.05) is 121 Å². The fraction of sp³-hybridized carbons (Fsp3) is 0.384. The molecule has 23 rings (SSSR count). The van der Waals surface area contributed by atoms with Crippen LogP contribution >= 0.6 is 0 Å². The summed E-state index contributed by atoms with van der Waals surface area (Å²) in [5.74, 6) is 1.25. The fourth-order valence-corrected chi connectivity index (χ4v) is 21.4. The van der Waals surface area contributed by atoms with E-state index in [0.717, 1.165) is 159 Å². The van der Waals surface area contributed by atoms with Crippen LogP contribution in [0.2, 0.25) is 0 Å². The van der Waals surface area contributed by atoms with E-state index in [1.165, 1.54) is 41.5 Å². The van der Waals surface area contributed by atoms with E-state index in [4.69, 9.17) is 33.2 Å². The normalized spacial score (nSPS) is 21.0. The van der Waals surface area contributed by atoms with E-state index >= 15 is 0 Å². The van der Waals surface area contributed by atoms with Crippen molar-refractivity contribution in [1.29, 1.82) is 0 Å². The summed E-state index contributed by atoms with van der Waals surface area (Å²) < 4.78 is 42.5. The number of rotatable bonds is 25.